The third-order valence-electron chi connectivity index (χ3n) is 2.88. The van der Waals surface area contributed by atoms with Gasteiger partial charge in [-0.1, -0.05) is 6.92 Å². The summed E-state index contributed by atoms with van der Waals surface area (Å²) < 4.78 is 0. The fourth-order valence-electron chi connectivity index (χ4n) is 1.28. The van der Waals surface area contributed by atoms with Gasteiger partial charge >= 0.3 is 5.97 Å². The van der Waals surface area contributed by atoms with Crippen LogP contribution in [0.2, 0.25) is 0 Å². The lowest BCUT2D eigenvalue weighted by Gasteiger charge is -2.23. The highest BCUT2D eigenvalue weighted by Crippen LogP contribution is 2.22. The van der Waals surface area contributed by atoms with Gasteiger partial charge in [0.1, 0.15) is 6.07 Å². The predicted molar refractivity (Wildman–Crippen MR) is 63.5 cm³/mol. The quantitative estimate of drug-likeness (QED) is 0.810. The molecule has 0 aliphatic heterocycles. The van der Waals surface area contributed by atoms with Crippen LogP contribution in [0.5, 0.6) is 0 Å². The van der Waals surface area contributed by atoms with Crippen LogP contribution >= 0.6 is 0 Å². The Hall–Kier alpha value is -2.09. The van der Waals surface area contributed by atoms with Gasteiger partial charge in [0, 0.05) is 12.7 Å². The smallest absolute Gasteiger partial charge is 0.311 e. The minimum absolute atomic E-state index is 0.263. The Kier molecular flexibility index (Phi) is 4.05. The third kappa shape index (κ3) is 2.94. The molecule has 0 radical (unpaired) electrons. The molecule has 1 heterocycles. The van der Waals surface area contributed by atoms with E-state index >= 15 is 0 Å². The summed E-state index contributed by atoms with van der Waals surface area (Å²) in [5.41, 5.74) is -0.00461. The van der Waals surface area contributed by atoms with Crippen LogP contribution in [0.3, 0.4) is 0 Å². The molecule has 0 aliphatic carbocycles. The summed E-state index contributed by atoms with van der Waals surface area (Å²) in [6.07, 6.45) is 2.04. The molecular weight excluding hydrogens is 218 g/mol. The van der Waals surface area contributed by atoms with Crippen molar-refractivity contribution < 1.29 is 9.90 Å². The average molecular weight is 233 g/mol. The van der Waals surface area contributed by atoms with Crippen molar-refractivity contribution in [3.63, 3.8) is 0 Å². The molecule has 0 amide bonds. The largest absolute Gasteiger partial charge is 0.481 e. The van der Waals surface area contributed by atoms with Crippen molar-refractivity contribution in [2.75, 3.05) is 11.9 Å². The Morgan fingerprint density at radius 2 is 2.41 bits per heavy atom. The van der Waals surface area contributed by atoms with E-state index in [2.05, 4.69) is 10.3 Å². The van der Waals surface area contributed by atoms with Crippen LogP contribution in [0.15, 0.2) is 18.3 Å². The maximum Gasteiger partial charge on any atom is 0.311 e. The van der Waals surface area contributed by atoms with Crippen molar-refractivity contribution in [2.24, 2.45) is 5.41 Å². The maximum absolute atomic E-state index is 11.1. The summed E-state index contributed by atoms with van der Waals surface area (Å²) in [6, 6.07) is 5.37. The molecule has 0 saturated carbocycles. The summed E-state index contributed by atoms with van der Waals surface area (Å²) in [6.45, 7) is 3.76. The van der Waals surface area contributed by atoms with Gasteiger partial charge in [-0.05, 0) is 25.5 Å². The molecule has 0 aliphatic rings. The Morgan fingerprint density at radius 1 is 1.71 bits per heavy atom. The molecule has 2 N–H and O–H groups in total. The number of nitriles is 1. The van der Waals surface area contributed by atoms with Gasteiger partial charge in [-0.25, -0.2) is 4.98 Å². The normalized spacial score (nSPS) is 13.5. The van der Waals surface area contributed by atoms with Crippen molar-refractivity contribution in [3.8, 4) is 6.07 Å². The van der Waals surface area contributed by atoms with E-state index in [0.29, 0.717) is 12.1 Å². The van der Waals surface area contributed by atoms with E-state index in [1.165, 1.54) is 6.20 Å². The number of aromatic nitrogens is 1. The predicted octanol–water partition coefficient (Wildman–Crippen LogP) is 1.87. The first-order chi connectivity index (χ1) is 8.03. The second-order valence-corrected chi connectivity index (χ2v) is 4.08. The number of hydrogen-bond acceptors (Lipinski definition) is 4. The third-order valence-corrected chi connectivity index (χ3v) is 2.88. The minimum Gasteiger partial charge on any atom is -0.481 e. The van der Waals surface area contributed by atoms with E-state index in [-0.39, 0.29) is 12.2 Å². The van der Waals surface area contributed by atoms with E-state index in [1.807, 2.05) is 13.0 Å². The molecule has 0 saturated heterocycles. The van der Waals surface area contributed by atoms with E-state index in [4.69, 9.17) is 10.4 Å². The summed E-state index contributed by atoms with van der Waals surface area (Å²) in [7, 11) is 0. The monoisotopic (exact) mass is 233 g/mol. The number of nitrogens with zero attached hydrogens (tertiary/aromatic N) is 2. The first kappa shape index (κ1) is 13.0. The highest BCUT2D eigenvalue weighted by atomic mass is 16.4. The second-order valence-electron chi connectivity index (χ2n) is 4.08. The lowest BCUT2D eigenvalue weighted by Crippen LogP contribution is -2.34. The van der Waals surface area contributed by atoms with Crippen LogP contribution in [-0.4, -0.2) is 22.6 Å². The van der Waals surface area contributed by atoms with E-state index in [9.17, 15) is 4.79 Å². The van der Waals surface area contributed by atoms with Crippen LogP contribution in [0.25, 0.3) is 0 Å². The van der Waals surface area contributed by atoms with Gasteiger partial charge in [0.05, 0.1) is 11.1 Å². The number of nitrogens with one attached hydrogen (secondary N) is 1. The molecule has 0 spiro atoms. The van der Waals surface area contributed by atoms with Gasteiger partial charge in [-0.2, -0.15) is 5.26 Å². The van der Waals surface area contributed by atoms with E-state index in [1.54, 1.807) is 19.1 Å². The standard InChI is InChI=1S/C12H15N3O2/c1-3-12(2,11(16)17)8-15-9-5-4-6-14-10(9)7-13/h4-6,15H,3,8H2,1-2H3,(H,16,17). The fraction of sp³-hybridized carbons (Fsp3) is 0.417. The van der Waals surface area contributed by atoms with Gasteiger partial charge in [0.15, 0.2) is 5.69 Å². The number of carbonyl (C=O) groups is 1. The zero-order valence-corrected chi connectivity index (χ0v) is 9.90. The number of carboxylic acid groups (broad SMARTS) is 1. The zero-order chi connectivity index (χ0) is 12.9. The first-order valence-corrected chi connectivity index (χ1v) is 5.36. The Labute approximate surface area is 100 Å². The molecule has 90 valence electrons. The lowest BCUT2D eigenvalue weighted by atomic mass is 9.87. The van der Waals surface area contributed by atoms with E-state index in [0.717, 1.165) is 0 Å². The van der Waals surface area contributed by atoms with Crippen LogP contribution < -0.4 is 5.32 Å². The number of aliphatic carboxylic acids is 1. The number of rotatable bonds is 5. The highest BCUT2D eigenvalue weighted by Gasteiger charge is 2.30. The van der Waals surface area contributed by atoms with Gasteiger partial charge in [-0.15, -0.1) is 0 Å². The van der Waals surface area contributed by atoms with Crippen LogP contribution in [0.4, 0.5) is 5.69 Å². The molecular formula is C12H15N3O2. The molecule has 0 aromatic carbocycles. The molecule has 1 unspecified atom stereocenters. The molecule has 0 fully saturated rings. The Balaban J connectivity index is 2.80. The number of carboxylic acids is 1. The van der Waals surface area contributed by atoms with Crippen molar-refractivity contribution >= 4 is 11.7 Å². The number of pyridine rings is 1. The summed E-state index contributed by atoms with van der Waals surface area (Å²) in [4.78, 5) is 15.0. The average Bonchev–Trinajstić information content (AvgIpc) is 2.36. The Bertz CT molecular complexity index is 453. The minimum atomic E-state index is -0.852. The topological polar surface area (TPSA) is 86.0 Å². The van der Waals surface area contributed by atoms with Crippen LogP contribution in [0.1, 0.15) is 26.0 Å². The van der Waals surface area contributed by atoms with Crippen LogP contribution in [-0.2, 0) is 4.79 Å². The van der Waals surface area contributed by atoms with Crippen LogP contribution in [0, 0.1) is 16.7 Å². The zero-order valence-electron chi connectivity index (χ0n) is 9.90. The Morgan fingerprint density at radius 3 is 2.94 bits per heavy atom. The van der Waals surface area contributed by atoms with Crippen molar-refractivity contribution in [1.29, 1.82) is 5.26 Å². The van der Waals surface area contributed by atoms with Gasteiger partial charge in [-0.3, -0.25) is 4.79 Å². The molecule has 17 heavy (non-hydrogen) atoms. The second kappa shape index (κ2) is 5.30. The lowest BCUT2D eigenvalue weighted by molar-refractivity contribution is -0.147. The van der Waals surface area contributed by atoms with Gasteiger partial charge in [0.2, 0.25) is 0 Å². The molecule has 5 heteroatoms. The number of hydrogen-bond donors (Lipinski definition) is 2. The molecule has 1 aromatic heterocycles. The summed E-state index contributed by atoms with van der Waals surface area (Å²) in [5, 5.41) is 20.9. The van der Waals surface area contributed by atoms with Crippen molar-refractivity contribution in [3.05, 3.63) is 24.0 Å². The van der Waals surface area contributed by atoms with Crippen molar-refractivity contribution in [1.82, 2.24) is 4.98 Å². The molecule has 5 nitrogen and oxygen atoms in total. The fourth-order valence-corrected chi connectivity index (χ4v) is 1.28. The number of anilines is 1. The highest BCUT2D eigenvalue weighted by molar-refractivity contribution is 5.75. The van der Waals surface area contributed by atoms with E-state index < -0.39 is 11.4 Å². The molecule has 1 aromatic rings. The molecule has 0 bridgehead atoms. The summed E-state index contributed by atoms with van der Waals surface area (Å²) in [5.74, 6) is -0.852. The maximum atomic E-state index is 11.1. The van der Waals surface area contributed by atoms with Gasteiger partial charge in [0.25, 0.3) is 0 Å². The SMILES string of the molecule is CCC(C)(CNc1cccnc1C#N)C(=O)O. The molecule has 1 rings (SSSR count). The molecule has 1 atom stereocenters. The van der Waals surface area contributed by atoms with Crippen molar-refractivity contribution in [2.45, 2.75) is 20.3 Å². The first-order valence-electron chi connectivity index (χ1n) is 5.36. The summed E-state index contributed by atoms with van der Waals surface area (Å²) >= 11 is 0. The van der Waals surface area contributed by atoms with Gasteiger partial charge < -0.3 is 10.4 Å².